The first-order chi connectivity index (χ1) is 22.9. The summed E-state index contributed by atoms with van der Waals surface area (Å²) in [6.07, 6.45) is 4.24. The van der Waals surface area contributed by atoms with E-state index in [4.69, 9.17) is 21.1 Å². The minimum Gasteiger partial charge on any atom is -0.455 e. The monoisotopic (exact) mass is 739 g/mol. The van der Waals surface area contributed by atoms with Crippen LogP contribution in [0, 0.1) is 18.8 Å². The summed E-state index contributed by atoms with van der Waals surface area (Å²) in [5.41, 5.74) is 0.368. The quantitative estimate of drug-likeness (QED) is 0.357. The van der Waals surface area contributed by atoms with Crippen molar-refractivity contribution in [2.75, 3.05) is 25.1 Å². The van der Waals surface area contributed by atoms with Crippen molar-refractivity contribution in [3.05, 3.63) is 87.4 Å². The maximum absolute atomic E-state index is 15.0. The number of carbonyl (C=O) groups excluding carboxylic acids is 4. The van der Waals surface area contributed by atoms with Gasteiger partial charge in [-0.05, 0) is 50.5 Å². The van der Waals surface area contributed by atoms with E-state index >= 15 is 4.79 Å². The molecule has 2 fully saturated rings. The molecule has 6 rings (SSSR count). The maximum atomic E-state index is 15.0. The van der Waals surface area contributed by atoms with Crippen LogP contribution in [0.2, 0.25) is 5.02 Å². The second-order valence-electron chi connectivity index (χ2n) is 13.0. The number of anilines is 1. The van der Waals surface area contributed by atoms with Crippen molar-refractivity contribution in [2.24, 2.45) is 11.8 Å². The fourth-order valence-electron chi connectivity index (χ4n) is 7.57. The van der Waals surface area contributed by atoms with Gasteiger partial charge in [0.2, 0.25) is 11.8 Å². The first-order valence-corrected chi connectivity index (χ1v) is 17.3. The molecular weight excluding hydrogens is 702 g/mol. The molecule has 2 saturated heterocycles. The number of halogens is 2. The molecule has 3 amide bonds. The lowest BCUT2D eigenvalue weighted by Crippen LogP contribution is -2.58. The van der Waals surface area contributed by atoms with E-state index in [1.54, 1.807) is 37.1 Å². The maximum Gasteiger partial charge on any atom is 0.313 e. The molecule has 8 atom stereocenters. The number of esters is 1. The molecule has 0 unspecified atom stereocenters. The highest BCUT2D eigenvalue weighted by Gasteiger charge is 2.75. The molecule has 4 heterocycles. The summed E-state index contributed by atoms with van der Waals surface area (Å²) < 4.78 is 13.4. The number of allylic oxidation sites excluding steroid dienone is 1. The average molecular weight is 741 g/mol. The number of rotatable bonds is 4. The summed E-state index contributed by atoms with van der Waals surface area (Å²) in [5.74, 6) is -3.99. The highest BCUT2D eigenvalue weighted by atomic mass is 79.9. The lowest BCUT2D eigenvalue weighted by molar-refractivity contribution is -0.164. The zero-order chi connectivity index (χ0) is 34.5. The fraction of sp³-hybridized carbons (Fsp3) is 0.444. The first-order valence-electron chi connectivity index (χ1n) is 16.1. The summed E-state index contributed by atoms with van der Waals surface area (Å²) in [7, 11) is 1.68. The molecule has 10 nitrogen and oxygen atoms in total. The molecule has 1 N–H and O–H groups in total. The number of amides is 3. The molecule has 2 aromatic rings. The second-order valence-corrected chi connectivity index (χ2v) is 14.3. The van der Waals surface area contributed by atoms with Gasteiger partial charge in [0.05, 0.1) is 35.3 Å². The summed E-state index contributed by atoms with van der Waals surface area (Å²) in [6.45, 7) is 5.00. The average Bonchev–Trinajstić information content (AvgIpc) is 3.67. The van der Waals surface area contributed by atoms with Gasteiger partial charge in [0.1, 0.15) is 29.8 Å². The molecule has 254 valence electrons. The van der Waals surface area contributed by atoms with E-state index in [9.17, 15) is 19.5 Å². The van der Waals surface area contributed by atoms with Crippen LogP contribution in [0.25, 0.3) is 0 Å². The smallest absolute Gasteiger partial charge is 0.313 e. The molecule has 0 radical (unpaired) electrons. The van der Waals surface area contributed by atoms with Gasteiger partial charge in [-0.25, -0.2) is 0 Å². The molecule has 12 heteroatoms. The van der Waals surface area contributed by atoms with Gasteiger partial charge >= 0.3 is 5.97 Å². The van der Waals surface area contributed by atoms with E-state index in [0.717, 1.165) is 5.56 Å². The third kappa shape index (κ3) is 5.58. The number of likely N-dealkylation sites (tertiary alicyclic amines) is 1. The number of aryl methyl sites for hydroxylation is 1. The summed E-state index contributed by atoms with van der Waals surface area (Å²) in [6, 6.07) is 11.9. The zero-order valence-corrected chi connectivity index (χ0v) is 29.6. The molecule has 1 spiro atoms. The Balaban J connectivity index is 1.52. The van der Waals surface area contributed by atoms with E-state index in [2.05, 4.69) is 15.9 Å². The number of aliphatic hydroxyl groups is 1. The van der Waals surface area contributed by atoms with Crippen LogP contribution >= 0.6 is 27.5 Å². The van der Waals surface area contributed by atoms with Crippen LogP contribution in [0.3, 0.4) is 0 Å². The van der Waals surface area contributed by atoms with Crippen molar-refractivity contribution in [1.82, 2.24) is 9.80 Å². The van der Waals surface area contributed by atoms with E-state index < -0.39 is 72.2 Å². The first kappa shape index (κ1) is 34.4. The molecule has 4 aliphatic heterocycles. The molecule has 48 heavy (non-hydrogen) atoms. The van der Waals surface area contributed by atoms with Crippen molar-refractivity contribution >= 4 is 56.9 Å². The molecule has 0 aromatic heterocycles. The highest BCUT2D eigenvalue weighted by Crippen LogP contribution is 2.59. The van der Waals surface area contributed by atoms with Gasteiger partial charge in [-0.2, -0.15) is 0 Å². The van der Waals surface area contributed by atoms with Gasteiger partial charge in [0, 0.05) is 24.5 Å². The van der Waals surface area contributed by atoms with Gasteiger partial charge in [-0.3, -0.25) is 19.2 Å². The predicted molar refractivity (Wildman–Crippen MR) is 183 cm³/mol. The number of likely N-dealkylation sites (N-methyl/N-ethyl adjacent to an activating group) is 1. The van der Waals surface area contributed by atoms with Crippen molar-refractivity contribution in [1.29, 1.82) is 0 Å². The Morgan fingerprint density at radius 3 is 2.46 bits per heavy atom. The van der Waals surface area contributed by atoms with Crippen LogP contribution in [0.15, 0.2) is 71.2 Å². The molecule has 0 saturated carbocycles. The van der Waals surface area contributed by atoms with Gasteiger partial charge in [0.25, 0.3) is 5.91 Å². The van der Waals surface area contributed by atoms with E-state index in [-0.39, 0.29) is 18.9 Å². The van der Waals surface area contributed by atoms with Gasteiger partial charge in [0.15, 0.2) is 0 Å². The molecular formula is C36H39BrClN3O7. The van der Waals surface area contributed by atoms with Crippen molar-refractivity contribution in [3.63, 3.8) is 0 Å². The number of benzene rings is 2. The van der Waals surface area contributed by atoms with Crippen LogP contribution in [0.1, 0.15) is 43.9 Å². The summed E-state index contributed by atoms with van der Waals surface area (Å²) >= 11 is 10.3. The van der Waals surface area contributed by atoms with E-state index in [1.165, 1.54) is 9.80 Å². The largest absolute Gasteiger partial charge is 0.455 e. The standard InChI is InChI=1S/C36H39BrClN3O7/c1-20-12-11-15-25(38)29(20)40-17-10-6-9-16-26(43)39(4)22(3)30(23-13-7-5-8-14-23)47-35(46)27-28-33(44)41(21(2)19-42)32(34(40)45)36(28)18-24(37)31(27)48-36/h5-8,10-15,18,21-22,27-28,30-32,42H,9,16-17,19H2,1-4H3/b10-6-/t21-,22+,27-,28+,30-,31-,32-,36+/m1/s1. The summed E-state index contributed by atoms with van der Waals surface area (Å²) in [5, 5.41) is 10.7. The Bertz CT molecular complexity index is 1660. The Morgan fingerprint density at radius 2 is 1.77 bits per heavy atom. The van der Waals surface area contributed by atoms with E-state index in [0.29, 0.717) is 27.2 Å². The highest BCUT2D eigenvalue weighted by molar-refractivity contribution is 9.11. The Kier molecular flexibility index (Phi) is 9.61. The van der Waals surface area contributed by atoms with Gasteiger partial charge in [-0.15, -0.1) is 0 Å². The van der Waals surface area contributed by atoms with Crippen LogP contribution in [-0.4, -0.2) is 88.6 Å². The third-order valence-corrected chi connectivity index (χ3v) is 11.1. The fourth-order valence-corrected chi connectivity index (χ4v) is 8.63. The van der Waals surface area contributed by atoms with Crippen molar-refractivity contribution < 1.29 is 33.8 Å². The number of cyclic esters (lactones) is 1. The van der Waals surface area contributed by atoms with Crippen LogP contribution in [-0.2, 0) is 28.7 Å². The number of carbonyl (C=O) groups is 4. The molecule has 4 aliphatic rings. The Morgan fingerprint density at radius 1 is 1.04 bits per heavy atom. The van der Waals surface area contributed by atoms with Crippen LogP contribution in [0.4, 0.5) is 5.69 Å². The number of nitrogens with zero attached hydrogens (tertiary/aromatic N) is 3. The lowest BCUT2D eigenvalue weighted by atomic mass is 9.74. The molecule has 5 bridgehead atoms. The topological polar surface area (TPSA) is 117 Å². The minimum absolute atomic E-state index is 0.0898. The van der Waals surface area contributed by atoms with Gasteiger partial charge in [-0.1, -0.05) is 82.1 Å². The number of hydrogen-bond acceptors (Lipinski definition) is 7. The normalized spacial score (nSPS) is 32.3. The zero-order valence-electron chi connectivity index (χ0n) is 27.2. The number of aliphatic hydroxyl groups excluding tert-OH is 1. The summed E-state index contributed by atoms with van der Waals surface area (Å²) in [4.78, 5) is 61.8. The van der Waals surface area contributed by atoms with E-state index in [1.807, 2.05) is 62.4 Å². The molecule has 0 aliphatic carbocycles. The SMILES string of the molecule is Cc1cccc(Cl)c1N1C/C=C\CCC(=O)N(C)[C@@H](C)[C@H](c2ccccc2)OC(=O)[C@H]2[C@@H]3O[C@@]4(C=C3Br)[C@@H]2C(=O)N([C@H](C)CO)[C@@H]4C1=O. The Labute approximate surface area is 293 Å². The van der Waals surface area contributed by atoms with Gasteiger partial charge < -0.3 is 29.3 Å². The number of fused-ring (bicyclic) bond motifs is 2. The van der Waals surface area contributed by atoms with Crippen molar-refractivity contribution in [3.8, 4) is 0 Å². The molecule has 2 aromatic carbocycles. The third-order valence-electron chi connectivity index (χ3n) is 10.1. The number of ether oxygens (including phenoxy) is 2. The predicted octanol–water partition coefficient (Wildman–Crippen LogP) is 4.72. The minimum atomic E-state index is -1.53. The van der Waals surface area contributed by atoms with Crippen LogP contribution < -0.4 is 4.90 Å². The number of para-hydroxylation sites is 1. The van der Waals surface area contributed by atoms with Crippen LogP contribution in [0.5, 0.6) is 0 Å². The Hall–Kier alpha value is -3.51. The number of hydrogen-bond donors (Lipinski definition) is 1. The second kappa shape index (κ2) is 13.4. The van der Waals surface area contributed by atoms with Crippen molar-refractivity contribution in [2.45, 2.75) is 69.5 Å². The lowest BCUT2D eigenvalue weighted by Gasteiger charge is -2.38.